The Morgan fingerprint density at radius 1 is 1.58 bits per heavy atom. The Kier molecular flexibility index (Phi) is 1.95. The van der Waals surface area contributed by atoms with Crippen LogP contribution in [0.15, 0.2) is 12.2 Å². The van der Waals surface area contributed by atoms with Crippen molar-refractivity contribution in [2.75, 3.05) is 0 Å². The van der Waals surface area contributed by atoms with E-state index in [2.05, 4.69) is 11.3 Å². The van der Waals surface area contributed by atoms with E-state index < -0.39 is 23.8 Å². The lowest BCUT2D eigenvalue weighted by atomic mass is 9.98. The molecule has 1 saturated heterocycles. The summed E-state index contributed by atoms with van der Waals surface area (Å²) in [6, 6.07) is 0. The van der Waals surface area contributed by atoms with E-state index in [4.69, 9.17) is 5.11 Å². The van der Waals surface area contributed by atoms with Crippen LogP contribution in [0.25, 0.3) is 0 Å². The van der Waals surface area contributed by atoms with Crippen molar-refractivity contribution in [2.45, 2.75) is 6.42 Å². The first-order valence-electron chi connectivity index (χ1n) is 3.19. The summed E-state index contributed by atoms with van der Waals surface area (Å²) in [6.45, 7) is 3.27. The minimum absolute atomic E-state index is 0.0157. The fraction of sp³-hybridized carbons (Fsp3) is 0.286. The molecule has 0 aromatic heterocycles. The molecule has 5 heteroatoms. The Morgan fingerprint density at radius 3 is 2.67 bits per heavy atom. The zero-order chi connectivity index (χ0) is 9.30. The molecule has 0 saturated carbocycles. The quantitative estimate of drug-likeness (QED) is 0.332. The number of carboxylic acids is 1. The van der Waals surface area contributed by atoms with Crippen LogP contribution in [0.4, 0.5) is 0 Å². The van der Waals surface area contributed by atoms with Gasteiger partial charge in [0.15, 0.2) is 5.92 Å². The van der Waals surface area contributed by atoms with Gasteiger partial charge in [-0.15, -0.1) is 0 Å². The number of cyclic esters (lactones) is 2. The largest absolute Gasteiger partial charge is 0.481 e. The predicted octanol–water partition coefficient (Wildman–Crippen LogP) is -0.283. The number of carbonyl (C=O) groups excluding carboxylic acids is 2. The molecule has 0 spiro atoms. The fourth-order valence-corrected chi connectivity index (χ4v) is 0.836. The van der Waals surface area contributed by atoms with Gasteiger partial charge in [-0.2, -0.15) is 0 Å². The van der Waals surface area contributed by atoms with Gasteiger partial charge in [0.25, 0.3) is 0 Å². The molecular weight excluding hydrogens is 164 g/mol. The van der Waals surface area contributed by atoms with E-state index in [0.717, 1.165) is 0 Å². The van der Waals surface area contributed by atoms with Crippen molar-refractivity contribution in [3.05, 3.63) is 12.2 Å². The summed E-state index contributed by atoms with van der Waals surface area (Å²) in [6.07, 6.45) is -0.160. The minimum Gasteiger partial charge on any atom is -0.481 e. The van der Waals surface area contributed by atoms with E-state index in [1.54, 1.807) is 0 Å². The Labute approximate surface area is 67.6 Å². The molecule has 5 nitrogen and oxygen atoms in total. The smallest absolute Gasteiger partial charge is 0.341 e. The third-order valence-electron chi connectivity index (χ3n) is 1.52. The van der Waals surface area contributed by atoms with Gasteiger partial charge in [0.2, 0.25) is 0 Å². The first kappa shape index (κ1) is 8.45. The van der Waals surface area contributed by atoms with Gasteiger partial charge >= 0.3 is 17.9 Å². The number of aliphatic carboxylic acids is 1. The summed E-state index contributed by atoms with van der Waals surface area (Å²) >= 11 is 0. The van der Waals surface area contributed by atoms with E-state index >= 15 is 0 Å². The first-order chi connectivity index (χ1) is 5.52. The molecule has 1 N–H and O–H groups in total. The SMILES string of the molecule is C=C1CC(C(=O)O)C(=O)OC1=O. The summed E-state index contributed by atoms with van der Waals surface area (Å²) in [5, 5.41) is 8.46. The number of ether oxygens (including phenoxy) is 1. The monoisotopic (exact) mass is 170 g/mol. The molecule has 1 fully saturated rings. The van der Waals surface area contributed by atoms with Crippen LogP contribution < -0.4 is 0 Å². The summed E-state index contributed by atoms with van der Waals surface area (Å²) in [5.74, 6) is -4.43. The van der Waals surface area contributed by atoms with E-state index in [0.29, 0.717) is 0 Å². The third-order valence-corrected chi connectivity index (χ3v) is 1.52. The molecule has 0 radical (unpaired) electrons. The Bertz CT molecular complexity index is 278. The zero-order valence-corrected chi connectivity index (χ0v) is 6.07. The summed E-state index contributed by atoms with van der Waals surface area (Å²) < 4.78 is 4.11. The average Bonchev–Trinajstić information content (AvgIpc) is 1.96. The molecule has 1 heterocycles. The lowest BCUT2D eigenvalue weighted by Crippen LogP contribution is -2.34. The second-order valence-electron chi connectivity index (χ2n) is 2.41. The highest BCUT2D eigenvalue weighted by molar-refractivity contribution is 6.06. The molecule has 0 aliphatic carbocycles. The van der Waals surface area contributed by atoms with Crippen LogP contribution >= 0.6 is 0 Å². The molecule has 0 aromatic carbocycles. The van der Waals surface area contributed by atoms with Crippen molar-refractivity contribution >= 4 is 17.9 Å². The molecule has 0 aromatic rings. The maximum Gasteiger partial charge on any atom is 0.341 e. The standard InChI is InChI=1S/C7H6O5/c1-3-2-4(5(8)9)7(11)12-6(3)10/h4H,1-2H2,(H,8,9). The number of hydrogen-bond acceptors (Lipinski definition) is 4. The van der Waals surface area contributed by atoms with E-state index in [-0.39, 0.29) is 12.0 Å². The second-order valence-corrected chi connectivity index (χ2v) is 2.41. The molecule has 1 aliphatic heterocycles. The topological polar surface area (TPSA) is 80.7 Å². The van der Waals surface area contributed by atoms with Crippen molar-refractivity contribution in [1.82, 2.24) is 0 Å². The lowest BCUT2D eigenvalue weighted by Gasteiger charge is -2.16. The lowest BCUT2D eigenvalue weighted by molar-refractivity contribution is -0.167. The molecule has 64 valence electrons. The molecule has 0 amide bonds. The van der Waals surface area contributed by atoms with Gasteiger partial charge in [0, 0.05) is 12.0 Å². The molecule has 1 aliphatic rings. The van der Waals surface area contributed by atoms with Crippen molar-refractivity contribution < 1.29 is 24.2 Å². The van der Waals surface area contributed by atoms with Gasteiger partial charge in [0.1, 0.15) is 0 Å². The van der Waals surface area contributed by atoms with Crippen molar-refractivity contribution in [3.8, 4) is 0 Å². The van der Waals surface area contributed by atoms with E-state index in [1.165, 1.54) is 0 Å². The predicted molar refractivity (Wildman–Crippen MR) is 36.0 cm³/mol. The molecule has 1 rings (SSSR count). The molecule has 1 atom stereocenters. The molecule has 0 bridgehead atoms. The van der Waals surface area contributed by atoms with Gasteiger partial charge in [-0.3, -0.25) is 9.59 Å². The van der Waals surface area contributed by atoms with Crippen LogP contribution in [0.3, 0.4) is 0 Å². The fourth-order valence-electron chi connectivity index (χ4n) is 0.836. The summed E-state index contributed by atoms with van der Waals surface area (Å²) in [7, 11) is 0. The summed E-state index contributed by atoms with van der Waals surface area (Å²) in [4.78, 5) is 31.7. The van der Waals surface area contributed by atoms with E-state index in [9.17, 15) is 14.4 Å². The Hall–Kier alpha value is -1.65. The zero-order valence-electron chi connectivity index (χ0n) is 6.07. The highest BCUT2D eigenvalue weighted by atomic mass is 16.6. The number of esters is 2. The van der Waals surface area contributed by atoms with Gasteiger partial charge in [-0.1, -0.05) is 6.58 Å². The Morgan fingerprint density at radius 2 is 2.17 bits per heavy atom. The number of rotatable bonds is 1. The second kappa shape index (κ2) is 2.77. The third kappa shape index (κ3) is 1.34. The van der Waals surface area contributed by atoms with Crippen LogP contribution in [0.2, 0.25) is 0 Å². The highest BCUT2D eigenvalue weighted by Crippen LogP contribution is 2.19. The molecule has 12 heavy (non-hydrogen) atoms. The average molecular weight is 170 g/mol. The molecule has 1 unspecified atom stereocenters. The maximum absolute atomic E-state index is 10.7. The van der Waals surface area contributed by atoms with Crippen LogP contribution in [-0.4, -0.2) is 23.0 Å². The van der Waals surface area contributed by atoms with Crippen LogP contribution in [-0.2, 0) is 19.1 Å². The number of carboxylic acid groups (broad SMARTS) is 1. The highest BCUT2D eigenvalue weighted by Gasteiger charge is 2.36. The number of hydrogen-bond donors (Lipinski definition) is 1. The van der Waals surface area contributed by atoms with Crippen molar-refractivity contribution in [3.63, 3.8) is 0 Å². The van der Waals surface area contributed by atoms with Crippen LogP contribution in [0.5, 0.6) is 0 Å². The van der Waals surface area contributed by atoms with Gasteiger partial charge < -0.3 is 9.84 Å². The van der Waals surface area contributed by atoms with Gasteiger partial charge in [-0.25, -0.2) is 4.79 Å². The van der Waals surface area contributed by atoms with Crippen molar-refractivity contribution in [2.24, 2.45) is 5.92 Å². The first-order valence-corrected chi connectivity index (χ1v) is 3.19. The van der Waals surface area contributed by atoms with Crippen LogP contribution in [0, 0.1) is 5.92 Å². The molecular formula is C7H6O5. The van der Waals surface area contributed by atoms with Crippen LogP contribution in [0.1, 0.15) is 6.42 Å². The number of carbonyl (C=O) groups is 3. The Balaban J connectivity index is 2.81. The summed E-state index contributed by atoms with van der Waals surface area (Å²) in [5.41, 5.74) is 0.0157. The minimum atomic E-state index is -1.30. The maximum atomic E-state index is 10.7. The van der Waals surface area contributed by atoms with Gasteiger partial charge in [0.05, 0.1) is 0 Å². The normalized spacial score (nSPS) is 23.7. The van der Waals surface area contributed by atoms with Crippen molar-refractivity contribution in [1.29, 1.82) is 0 Å². The van der Waals surface area contributed by atoms with E-state index in [1.807, 2.05) is 0 Å². The van der Waals surface area contributed by atoms with Gasteiger partial charge in [-0.05, 0) is 0 Å².